The average molecular weight is 138 g/mol. The zero-order valence-electron chi connectivity index (χ0n) is 6.16. The molecule has 0 amide bonds. The van der Waals surface area contributed by atoms with Gasteiger partial charge in [-0.1, -0.05) is 12.2 Å². The second kappa shape index (κ2) is 2.39. The Balaban J connectivity index is 2.13. The highest BCUT2D eigenvalue weighted by Crippen LogP contribution is 2.38. The highest BCUT2D eigenvalue weighted by atomic mass is 16.3. The summed E-state index contributed by atoms with van der Waals surface area (Å²) in [6.07, 6.45) is 9.21. The summed E-state index contributed by atoms with van der Waals surface area (Å²) in [5, 5.41) is 9.47. The van der Waals surface area contributed by atoms with Crippen LogP contribution in [-0.2, 0) is 0 Å². The van der Waals surface area contributed by atoms with Crippen molar-refractivity contribution in [2.24, 2.45) is 11.8 Å². The standard InChI is InChI=1S/C9H14O/c10-9-6-5-7-3-1-2-4-8(7)9/h2,4,7-10H,1,3,5-6H2. The molecule has 1 fully saturated rings. The molecule has 2 aliphatic rings. The first-order chi connectivity index (χ1) is 4.88. The Hall–Kier alpha value is -0.300. The summed E-state index contributed by atoms with van der Waals surface area (Å²) in [5.41, 5.74) is 0. The second-order valence-corrected chi connectivity index (χ2v) is 3.49. The van der Waals surface area contributed by atoms with Crippen LogP contribution >= 0.6 is 0 Å². The number of allylic oxidation sites excluding steroid dienone is 1. The summed E-state index contributed by atoms with van der Waals surface area (Å²) in [6.45, 7) is 0. The topological polar surface area (TPSA) is 20.2 Å². The van der Waals surface area contributed by atoms with Crippen molar-refractivity contribution in [3.8, 4) is 0 Å². The largest absolute Gasteiger partial charge is 0.393 e. The maximum absolute atomic E-state index is 9.47. The molecule has 1 saturated carbocycles. The van der Waals surface area contributed by atoms with Crippen LogP contribution in [0.1, 0.15) is 25.7 Å². The maximum Gasteiger partial charge on any atom is 0.0605 e. The van der Waals surface area contributed by atoms with E-state index in [1.54, 1.807) is 0 Å². The van der Waals surface area contributed by atoms with Crippen molar-refractivity contribution < 1.29 is 5.11 Å². The Bertz CT molecular complexity index is 151. The van der Waals surface area contributed by atoms with E-state index in [1.165, 1.54) is 19.3 Å². The minimum absolute atomic E-state index is 0.0263. The fraction of sp³-hybridized carbons (Fsp3) is 0.778. The molecular weight excluding hydrogens is 124 g/mol. The summed E-state index contributed by atoms with van der Waals surface area (Å²) in [4.78, 5) is 0. The van der Waals surface area contributed by atoms with E-state index in [1.807, 2.05) is 0 Å². The van der Waals surface area contributed by atoms with Crippen molar-refractivity contribution >= 4 is 0 Å². The molecular formula is C9H14O. The minimum atomic E-state index is -0.0263. The van der Waals surface area contributed by atoms with Gasteiger partial charge in [-0.15, -0.1) is 0 Å². The molecule has 0 aromatic heterocycles. The van der Waals surface area contributed by atoms with Gasteiger partial charge in [-0.25, -0.2) is 0 Å². The van der Waals surface area contributed by atoms with E-state index >= 15 is 0 Å². The van der Waals surface area contributed by atoms with Gasteiger partial charge < -0.3 is 5.11 Å². The summed E-state index contributed by atoms with van der Waals surface area (Å²) in [6, 6.07) is 0. The number of hydrogen-bond acceptors (Lipinski definition) is 1. The fourth-order valence-corrected chi connectivity index (χ4v) is 2.27. The van der Waals surface area contributed by atoms with Gasteiger partial charge in [0.2, 0.25) is 0 Å². The number of aliphatic hydroxyl groups excluding tert-OH is 1. The normalized spacial score (nSPS) is 45.5. The van der Waals surface area contributed by atoms with Crippen LogP contribution in [-0.4, -0.2) is 11.2 Å². The molecule has 10 heavy (non-hydrogen) atoms. The van der Waals surface area contributed by atoms with Crippen molar-refractivity contribution in [1.82, 2.24) is 0 Å². The third-order valence-corrected chi connectivity index (χ3v) is 2.88. The summed E-state index contributed by atoms with van der Waals surface area (Å²) in [7, 11) is 0. The molecule has 2 rings (SSSR count). The van der Waals surface area contributed by atoms with Crippen LogP contribution in [0.15, 0.2) is 12.2 Å². The second-order valence-electron chi connectivity index (χ2n) is 3.49. The van der Waals surface area contributed by atoms with Gasteiger partial charge in [0.05, 0.1) is 6.10 Å². The molecule has 1 nitrogen and oxygen atoms in total. The van der Waals surface area contributed by atoms with E-state index in [2.05, 4.69) is 12.2 Å². The highest BCUT2D eigenvalue weighted by Gasteiger charge is 2.33. The van der Waals surface area contributed by atoms with E-state index in [0.717, 1.165) is 12.3 Å². The molecule has 1 heteroatoms. The zero-order valence-corrected chi connectivity index (χ0v) is 6.16. The summed E-state index contributed by atoms with van der Waals surface area (Å²) in [5.74, 6) is 1.31. The molecule has 0 bridgehead atoms. The van der Waals surface area contributed by atoms with Crippen molar-refractivity contribution in [2.75, 3.05) is 0 Å². The predicted octanol–water partition coefficient (Wildman–Crippen LogP) is 1.72. The summed E-state index contributed by atoms with van der Waals surface area (Å²) >= 11 is 0. The van der Waals surface area contributed by atoms with Crippen LogP contribution in [0, 0.1) is 11.8 Å². The molecule has 0 aromatic carbocycles. The molecule has 0 aromatic rings. The van der Waals surface area contributed by atoms with Gasteiger partial charge in [0.1, 0.15) is 0 Å². The van der Waals surface area contributed by atoms with Crippen LogP contribution in [0.3, 0.4) is 0 Å². The van der Waals surface area contributed by atoms with Gasteiger partial charge in [-0.2, -0.15) is 0 Å². The van der Waals surface area contributed by atoms with E-state index in [9.17, 15) is 5.11 Å². The first-order valence-electron chi connectivity index (χ1n) is 4.22. The third-order valence-electron chi connectivity index (χ3n) is 2.88. The Labute approximate surface area is 61.8 Å². The lowest BCUT2D eigenvalue weighted by Crippen LogP contribution is -2.18. The quantitative estimate of drug-likeness (QED) is 0.505. The van der Waals surface area contributed by atoms with E-state index in [0.29, 0.717) is 5.92 Å². The molecule has 0 aliphatic heterocycles. The van der Waals surface area contributed by atoms with Gasteiger partial charge in [-0.3, -0.25) is 0 Å². The first-order valence-corrected chi connectivity index (χ1v) is 4.22. The number of aliphatic hydroxyl groups is 1. The van der Waals surface area contributed by atoms with E-state index in [-0.39, 0.29) is 6.10 Å². The highest BCUT2D eigenvalue weighted by molar-refractivity contribution is 5.03. The zero-order chi connectivity index (χ0) is 6.97. The maximum atomic E-state index is 9.47. The van der Waals surface area contributed by atoms with Gasteiger partial charge in [0.15, 0.2) is 0 Å². The van der Waals surface area contributed by atoms with Crippen LogP contribution in [0.25, 0.3) is 0 Å². The molecule has 0 radical (unpaired) electrons. The molecule has 3 atom stereocenters. The Kier molecular flexibility index (Phi) is 1.53. The number of hydrogen-bond donors (Lipinski definition) is 1. The van der Waals surface area contributed by atoms with E-state index < -0.39 is 0 Å². The van der Waals surface area contributed by atoms with Gasteiger partial charge in [-0.05, 0) is 31.6 Å². The van der Waals surface area contributed by atoms with Crippen molar-refractivity contribution in [2.45, 2.75) is 31.8 Å². The molecule has 1 N–H and O–H groups in total. The molecule has 2 aliphatic carbocycles. The van der Waals surface area contributed by atoms with Gasteiger partial charge in [0, 0.05) is 5.92 Å². The number of fused-ring (bicyclic) bond motifs is 1. The van der Waals surface area contributed by atoms with Crippen molar-refractivity contribution in [3.63, 3.8) is 0 Å². The average Bonchev–Trinajstić information content (AvgIpc) is 2.34. The Morgan fingerprint density at radius 3 is 2.90 bits per heavy atom. The molecule has 0 saturated heterocycles. The molecule has 0 spiro atoms. The summed E-state index contributed by atoms with van der Waals surface area (Å²) < 4.78 is 0. The molecule has 3 unspecified atom stereocenters. The molecule has 56 valence electrons. The minimum Gasteiger partial charge on any atom is -0.393 e. The van der Waals surface area contributed by atoms with Crippen LogP contribution in [0.4, 0.5) is 0 Å². The molecule has 0 heterocycles. The Morgan fingerprint density at radius 1 is 1.20 bits per heavy atom. The van der Waals surface area contributed by atoms with Crippen molar-refractivity contribution in [3.05, 3.63) is 12.2 Å². The lowest BCUT2D eigenvalue weighted by molar-refractivity contribution is 0.138. The lowest BCUT2D eigenvalue weighted by atomic mass is 9.86. The SMILES string of the molecule is OC1CCC2CCC=CC12. The van der Waals surface area contributed by atoms with Gasteiger partial charge in [0.25, 0.3) is 0 Å². The van der Waals surface area contributed by atoms with Crippen molar-refractivity contribution in [1.29, 1.82) is 0 Å². The monoisotopic (exact) mass is 138 g/mol. The van der Waals surface area contributed by atoms with Crippen LogP contribution in [0.2, 0.25) is 0 Å². The number of rotatable bonds is 0. The van der Waals surface area contributed by atoms with Gasteiger partial charge >= 0.3 is 0 Å². The third kappa shape index (κ3) is 0.891. The lowest BCUT2D eigenvalue weighted by Gasteiger charge is -2.21. The van der Waals surface area contributed by atoms with E-state index in [4.69, 9.17) is 0 Å². The first kappa shape index (κ1) is 6.41. The Morgan fingerprint density at radius 2 is 2.10 bits per heavy atom. The smallest absolute Gasteiger partial charge is 0.0605 e. The van der Waals surface area contributed by atoms with Crippen LogP contribution < -0.4 is 0 Å². The van der Waals surface area contributed by atoms with Crippen LogP contribution in [0.5, 0.6) is 0 Å². The fourth-order valence-electron chi connectivity index (χ4n) is 2.27. The predicted molar refractivity (Wildman–Crippen MR) is 40.6 cm³/mol.